The van der Waals surface area contributed by atoms with Gasteiger partial charge in [0.05, 0.1) is 55.9 Å². The first-order valence-electron chi connectivity index (χ1n) is 18.8. The van der Waals surface area contributed by atoms with Crippen molar-refractivity contribution in [2.75, 3.05) is 37.5 Å². The van der Waals surface area contributed by atoms with Crippen LogP contribution in [0.4, 0.5) is 10.3 Å². The third-order valence-corrected chi connectivity index (χ3v) is 13.7. The van der Waals surface area contributed by atoms with Crippen LogP contribution in [-0.4, -0.2) is 65.7 Å². The molecule has 0 radical (unpaired) electrons. The maximum Gasteiger partial charge on any atom is 0.266 e. The smallest absolute Gasteiger partial charge is 0.266 e. The first-order chi connectivity index (χ1) is 31.2. The normalized spacial score (nSPS) is 10.9. The fraction of sp³-hybridized carbons (Fsp3) is 0.163. The number of aromatic nitrogens is 4. The Morgan fingerprint density at radius 2 is 1.14 bits per heavy atom. The van der Waals surface area contributed by atoms with Crippen LogP contribution < -0.4 is 37.4 Å². The number of rotatable bonds is 16. The van der Waals surface area contributed by atoms with Gasteiger partial charge < -0.3 is 28.4 Å². The average Bonchev–Trinajstić information content (AvgIpc) is 4.04. The van der Waals surface area contributed by atoms with Crippen LogP contribution in [0.2, 0.25) is 0 Å². The first kappa shape index (κ1) is 47.0. The van der Waals surface area contributed by atoms with Crippen molar-refractivity contribution in [3.05, 3.63) is 130 Å². The molecular weight excluding hydrogens is 917 g/mol. The minimum absolute atomic E-state index is 0.0360. The highest BCUT2D eigenvalue weighted by Gasteiger charge is 2.30. The van der Waals surface area contributed by atoms with Gasteiger partial charge in [-0.15, -0.1) is 20.4 Å². The van der Waals surface area contributed by atoms with Gasteiger partial charge in [-0.05, 0) is 97.8 Å². The van der Waals surface area contributed by atoms with Crippen molar-refractivity contribution < 1.29 is 45.3 Å². The van der Waals surface area contributed by atoms with Gasteiger partial charge in [-0.2, -0.15) is 10.5 Å². The molecule has 0 bridgehead atoms. The van der Waals surface area contributed by atoms with Crippen molar-refractivity contribution in [3.63, 3.8) is 0 Å². The largest absolute Gasteiger partial charge is 0.497 e. The van der Waals surface area contributed by atoms with E-state index in [-0.39, 0.29) is 49.2 Å². The summed E-state index contributed by atoms with van der Waals surface area (Å²) in [6.07, 6.45) is 0. The van der Waals surface area contributed by atoms with Gasteiger partial charge >= 0.3 is 0 Å². The van der Waals surface area contributed by atoms with Crippen molar-refractivity contribution in [1.82, 2.24) is 20.4 Å². The van der Waals surface area contributed by atoms with Crippen LogP contribution in [0.3, 0.4) is 0 Å². The van der Waals surface area contributed by atoms with Gasteiger partial charge in [-0.3, -0.25) is 4.72 Å². The maximum atomic E-state index is 13.9. The molecule has 7 rings (SSSR count). The Hall–Kier alpha value is -7.50. The van der Waals surface area contributed by atoms with E-state index in [1.165, 1.54) is 75.9 Å². The number of nitriles is 2. The molecule has 0 saturated heterocycles. The Morgan fingerprint density at radius 3 is 1.65 bits per heavy atom. The summed E-state index contributed by atoms with van der Waals surface area (Å²) < 4.78 is 89.1. The fourth-order valence-corrected chi connectivity index (χ4v) is 9.77. The second-order valence-corrected chi connectivity index (χ2v) is 18.5. The third kappa shape index (κ3) is 11.2. The molecule has 1 N–H and O–H groups in total. The maximum absolute atomic E-state index is 13.9. The number of anilines is 2. The number of hydrogen-bond acceptors (Lipinski definition) is 18. The summed E-state index contributed by atoms with van der Waals surface area (Å²) in [7, 11) is -2.04. The predicted octanol–water partition coefficient (Wildman–Crippen LogP) is 8.25. The topological polar surface area (TPSA) is 238 Å². The average molecular weight is 955 g/mol. The van der Waals surface area contributed by atoms with Gasteiger partial charge in [0.15, 0.2) is 23.0 Å². The summed E-state index contributed by atoms with van der Waals surface area (Å²) in [5, 5.41) is 34.6. The second-order valence-electron chi connectivity index (χ2n) is 13.3. The summed E-state index contributed by atoms with van der Waals surface area (Å²) in [6, 6.07) is 28.0. The Bertz CT molecular complexity index is 3100. The van der Waals surface area contributed by atoms with E-state index < -0.39 is 20.0 Å². The lowest BCUT2D eigenvalue weighted by Crippen LogP contribution is -2.30. The highest BCUT2D eigenvalue weighted by atomic mass is 32.2. The SMILES string of the molecule is COc1ccc(C)cc1Oc1ccc(S(=O)(=O)Nc2nncs2)cc1C#N.COc1ccc(CN(c2nncs2)S(=O)(=O)c2ccc(Oc3cc(C)ccc3OC)c(C#N)c2)c(OC)c1. The van der Waals surface area contributed by atoms with Gasteiger partial charge in [0, 0.05) is 11.6 Å². The molecule has 0 atom stereocenters. The zero-order valence-electron chi connectivity index (χ0n) is 35.4. The first-order valence-corrected chi connectivity index (χ1v) is 23.4. The number of ether oxygens (including phenoxy) is 6. The van der Waals surface area contributed by atoms with E-state index in [4.69, 9.17) is 28.4 Å². The van der Waals surface area contributed by atoms with Crippen LogP contribution in [-0.2, 0) is 26.6 Å². The van der Waals surface area contributed by atoms with E-state index in [2.05, 4.69) is 25.1 Å². The van der Waals surface area contributed by atoms with Crippen molar-refractivity contribution in [2.24, 2.45) is 0 Å². The van der Waals surface area contributed by atoms with E-state index in [1.807, 2.05) is 38.1 Å². The second kappa shape index (κ2) is 20.8. The lowest BCUT2D eigenvalue weighted by Gasteiger charge is -2.23. The molecular formula is C43H38N8O10S4. The number of aryl methyl sites for hydroxylation is 2. The quantitative estimate of drug-likeness (QED) is 0.0959. The van der Waals surface area contributed by atoms with Gasteiger partial charge in [0.2, 0.25) is 10.3 Å². The minimum atomic E-state index is -4.18. The molecule has 2 heterocycles. The van der Waals surface area contributed by atoms with Crippen LogP contribution in [0.1, 0.15) is 27.8 Å². The molecule has 0 amide bonds. The van der Waals surface area contributed by atoms with Gasteiger partial charge in [-0.25, -0.2) is 21.1 Å². The number of nitrogens with zero attached hydrogens (tertiary/aromatic N) is 7. The predicted molar refractivity (Wildman–Crippen MR) is 241 cm³/mol. The monoisotopic (exact) mass is 954 g/mol. The molecule has 0 aliphatic carbocycles. The molecule has 2 aromatic heterocycles. The van der Waals surface area contributed by atoms with Gasteiger partial charge in [0.25, 0.3) is 20.0 Å². The zero-order chi connectivity index (χ0) is 46.7. The standard InChI is InChI=1S/C26H24N4O6S2.C17H14N4O4S2/c1-17-5-9-23(34-3)25(11-17)36-22-10-8-21(12-19(22)14-27)38(31,32)30(26-29-28-16-37-26)15-18-6-7-20(33-2)13-24(18)35-4;1-11-3-5-15(24-2)16(7-11)25-14-6-4-13(8-12(14)9-18)27(22,23)21-17-20-19-10-26-17/h5-13,16H,15H2,1-4H3;3-8,10H,1-2H3,(H,20,21). The Kier molecular flexibility index (Phi) is 15.0. The molecule has 0 saturated carbocycles. The number of methoxy groups -OCH3 is 4. The Labute approximate surface area is 382 Å². The fourth-order valence-electron chi connectivity index (χ4n) is 5.85. The molecule has 22 heteroatoms. The minimum Gasteiger partial charge on any atom is -0.497 e. The van der Waals surface area contributed by atoms with Crippen molar-refractivity contribution in [2.45, 2.75) is 30.2 Å². The Balaban J connectivity index is 0.000000228. The molecule has 5 aromatic carbocycles. The van der Waals surface area contributed by atoms with Crippen LogP contribution >= 0.6 is 22.7 Å². The number of nitrogens with one attached hydrogen (secondary N) is 1. The molecule has 0 aliphatic rings. The molecule has 7 aromatic rings. The number of hydrogen-bond donors (Lipinski definition) is 1. The molecule has 0 aliphatic heterocycles. The number of benzene rings is 5. The summed E-state index contributed by atoms with van der Waals surface area (Å²) in [6.45, 7) is 3.70. The van der Waals surface area contributed by atoms with Crippen molar-refractivity contribution in [1.29, 1.82) is 10.5 Å². The summed E-state index contributed by atoms with van der Waals surface area (Å²) in [5.74, 6) is 3.23. The highest BCUT2D eigenvalue weighted by Crippen LogP contribution is 2.38. The van der Waals surface area contributed by atoms with Crippen LogP contribution in [0.5, 0.6) is 46.0 Å². The molecule has 18 nitrogen and oxygen atoms in total. The van der Waals surface area contributed by atoms with E-state index in [0.717, 1.165) is 38.1 Å². The van der Waals surface area contributed by atoms with E-state index in [1.54, 1.807) is 42.5 Å². The molecule has 0 fully saturated rings. The van der Waals surface area contributed by atoms with Crippen LogP contribution in [0.25, 0.3) is 0 Å². The third-order valence-electron chi connectivity index (χ3n) is 9.07. The lowest BCUT2D eigenvalue weighted by atomic mass is 10.2. The summed E-state index contributed by atoms with van der Waals surface area (Å²) in [4.78, 5) is -0.196. The molecule has 0 spiro atoms. The van der Waals surface area contributed by atoms with Crippen LogP contribution in [0, 0.1) is 36.5 Å². The molecule has 334 valence electrons. The lowest BCUT2D eigenvalue weighted by molar-refractivity contribution is 0.378. The van der Waals surface area contributed by atoms with E-state index >= 15 is 0 Å². The molecule has 65 heavy (non-hydrogen) atoms. The van der Waals surface area contributed by atoms with E-state index in [0.29, 0.717) is 40.1 Å². The summed E-state index contributed by atoms with van der Waals surface area (Å²) >= 11 is 2.12. The van der Waals surface area contributed by atoms with Crippen LogP contribution in [0.15, 0.2) is 112 Å². The number of sulfonamides is 2. The van der Waals surface area contributed by atoms with E-state index in [9.17, 15) is 27.4 Å². The highest BCUT2D eigenvalue weighted by molar-refractivity contribution is 7.93. The van der Waals surface area contributed by atoms with Gasteiger partial charge in [-0.1, -0.05) is 34.8 Å². The zero-order valence-corrected chi connectivity index (χ0v) is 38.6. The summed E-state index contributed by atoms with van der Waals surface area (Å²) in [5.41, 5.74) is 5.41. The molecule has 0 unspecified atom stereocenters. The van der Waals surface area contributed by atoms with Crippen molar-refractivity contribution >= 4 is 53.0 Å². The van der Waals surface area contributed by atoms with Crippen molar-refractivity contribution in [3.8, 4) is 58.1 Å². The van der Waals surface area contributed by atoms with Gasteiger partial charge in [0.1, 0.15) is 46.2 Å². The Morgan fingerprint density at radius 1 is 0.600 bits per heavy atom.